The van der Waals surface area contributed by atoms with Gasteiger partial charge in [0.25, 0.3) is 0 Å². The summed E-state index contributed by atoms with van der Waals surface area (Å²) in [5, 5.41) is 2.68. The molecule has 0 spiro atoms. The summed E-state index contributed by atoms with van der Waals surface area (Å²) in [5.41, 5.74) is 0. The minimum absolute atomic E-state index is 0.0304. The highest BCUT2D eigenvalue weighted by molar-refractivity contribution is 5.96. The van der Waals surface area contributed by atoms with Crippen molar-refractivity contribution in [3.63, 3.8) is 0 Å². The summed E-state index contributed by atoms with van der Waals surface area (Å²) < 4.78 is 0. The Hall–Kier alpha value is -1.59. The zero-order chi connectivity index (χ0) is 13.5. The molecule has 1 rings (SSSR count). The fraction of sp³-hybridized carbons (Fsp3) is 0.750. The number of carbonyl (C=O) groups excluding carboxylic acids is 3. The van der Waals surface area contributed by atoms with Gasteiger partial charge in [0.2, 0.25) is 17.7 Å². The highest BCUT2D eigenvalue weighted by Gasteiger charge is 2.23. The summed E-state index contributed by atoms with van der Waals surface area (Å²) in [7, 11) is 0. The molecule has 1 aliphatic rings. The van der Waals surface area contributed by atoms with Gasteiger partial charge in [-0.3, -0.25) is 14.4 Å². The van der Waals surface area contributed by atoms with Crippen molar-refractivity contribution in [2.75, 3.05) is 32.7 Å². The zero-order valence-corrected chi connectivity index (χ0v) is 11.1. The first-order valence-corrected chi connectivity index (χ1v) is 6.34. The minimum Gasteiger partial charge on any atom is -0.356 e. The number of nitrogens with one attached hydrogen (secondary N) is 1. The quantitative estimate of drug-likeness (QED) is 0.695. The lowest BCUT2D eigenvalue weighted by molar-refractivity contribution is -0.141. The maximum atomic E-state index is 11.8. The third kappa shape index (κ3) is 4.35. The maximum Gasteiger partial charge on any atom is 0.232 e. The Morgan fingerprint density at radius 3 is 2.11 bits per heavy atom. The highest BCUT2D eigenvalue weighted by atomic mass is 16.2. The standard InChI is InChI=1S/C12H21N3O3/c1-3-4-13-11(17)9-12(18)15-7-5-14(6-8-15)10(2)16/h3-9H2,1-2H3,(H,13,17). The van der Waals surface area contributed by atoms with E-state index in [4.69, 9.17) is 0 Å². The van der Waals surface area contributed by atoms with Crippen LogP contribution < -0.4 is 5.32 Å². The van der Waals surface area contributed by atoms with E-state index in [0.29, 0.717) is 32.7 Å². The molecule has 1 heterocycles. The largest absolute Gasteiger partial charge is 0.356 e. The number of piperazine rings is 1. The van der Waals surface area contributed by atoms with E-state index in [1.807, 2.05) is 6.92 Å². The molecule has 3 amide bonds. The molecule has 0 aromatic heterocycles. The molecule has 0 aromatic carbocycles. The lowest BCUT2D eigenvalue weighted by Crippen LogP contribution is -2.50. The first-order chi connectivity index (χ1) is 8.54. The second-order valence-corrected chi connectivity index (χ2v) is 4.41. The highest BCUT2D eigenvalue weighted by Crippen LogP contribution is 2.04. The molecule has 0 atom stereocenters. The van der Waals surface area contributed by atoms with Gasteiger partial charge in [-0.25, -0.2) is 0 Å². The van der Waals surface area contributed by atoms with Crippen LogP contribution in [0.5, 0.6) is 0 Å². The Morgan fingerprint density at radius 2 is 1.61 bits per heavy atom. The molecule has 0 aromatic rings. The summed E-state index contributed by atoms with van der Waals surface area (Å²) >= 11 is 0. The smallest absolute Gasteiger partial charge is 0.232 e. The molecule has 0 bridgehead atoms. The third-order valence-corrected chi connectivity index (χ3v) is 2.96. The van der Waals surface area contributed by atoms with Crippen molar-refractivity contribution in [1.82, 2.24) is 15.1 Å². The number of carbonyl (C=O) groups is 3. The van der Waals surface area contributed by atoms with Crippen LogP contribution in [0.25, 0.3) is 0 Å². The monoisotopic (exact) mass is 255 g/mol. The van der Waals surface area contributed by atoms with Gasteiger partial charge in [-0.2, -0.15) is 0 Å². The van der Waals surface area contributed by atoms with Gasteiger partial charge in [-0.1, -0.05) is 6.92 Å². The van der Waals surface area contributed by atoms with Gasteiger partial charge >= 0.3 is 0 Å². The van der Waals surface area contributed by atoms with E-state index >= 15 is 0 Å². The summed E-state index contributed by atoms with van der Waals surface area (Å²) in [4.78, 5) is 37.7. The number of amides is 3. The Labute approximate surface area is 107 Å². The Kier molecular flexibility index (Phi) is 5.61. The van der Waals surface area contributed by atoms with Gasteiger partial charge in [-0.05, 0) is 6.42 Å². The minimum atomic E-state index is -0.226. The molecule has 1 saturated heterocycles. The van der Waals surface area contributed by atoms with E-state index < -0.39 is 0 Å². The van der Waals surface area contributed by atoms with Crippen molar-refractivity contribution >= 4 is 17.7 Å². The van der Waals surface area contributed by atoms with E-state index in [2.05, 4.69) is 5.32 Å². The first-order valence-electron chi connectivity index (χ1n) is 6.34. The molecule has 0 aliphatic carbocycles. The summed E-state index contributed by atoms with van der Waals surface area (Å²) in [6.07, 6.45) is 0.761. The summed E-state index contributed by atoms with van der Waals surface area (Å²) in [6.45, 7) is 6.22. The van der Waals surface area contributed by atoms with Crippen LogP contribution in [0.4, 0.5) is 0 Å². The zero-order valence-electron chi connectivity index (χ0n) is 11.1. The molecular weight excluding hydrogens is 234 g/mol. The van der Waals surface area contributed by atoms with Crippen LogP contribution in [-0.4, -0.2) is 60.2 Å². The van der Waals surface area contributed by atoms with Gasteiger partial charge in [0.1, 0.15) is 6.42 Å². The predicted octanol–water partition coefficient (Wildman–Crippen LogP) is -0.407. The van der Waals surface area contributed by atoms with Crippen molar-refractivity contribution in [2.45, 2.75) is 26.7 Å². The topological polar surface area (TPSA) is 69.7 Å². The predicted molar refractivity (Wildman–Crippen MR) is 66.8 cm³/mol. The SMILES string of the molecule is CCCNC(=O)CC(=O)N1CCN(C(C)=O)CC1. The normalized spacial score (nSPS) is 15.4. The molecular formula is C12H21N3O3. The van der Waals surface area contributed by atoms with Crippen molar-refractivity contribution < 1.29 is 14.4 Å². The van der Waals surface area contributed by atoms with Gasteiger partial charge < -0.3 is 15.1 Å². The van der Waals surface area contributed by atoms with Crippen molar-refractivity contribution in [2.24, 2.45) is 0 Å². The molecule has 1 N–H and O–H groups in total. The second kappa shape index (κ2) is 6.98. The molecule has 0 saturated carbocycles. The molecule has 1 aliphatic heterocycles. The lowest BCUT2D eigenvalue weighted by Gasteiger charge is -2.34. The molecule has 6 heteroatoms. The van der Waals surface area contributed by atoms with Gasteiger partial charge in [0.15, 0.2) is 0 Å². The lowest BCUT2D eigenvalue weighted by atomic mass is 10.2. The maximum absolute atomic E-state index is 11.8. The fourth-order valence-electron chi connectivity index (χ4n) is 1.85. The Morgan fingerprint density at radius 1 is 1.06 bits per heavy atom. The number of hydrogen-bond acceptors (Lipinski definition) is 3. The molecule has 1 fully saturated rings. The van der Waals surface area contributed by atoms with Gasteiger partial charge in [-0.15, -0.1) is 0 Å². The van der Waals surface area contributed by atoms with Gasteiger partial charge in [0, 0.05) is 39.6 Å². The summed E-state index contributed by atoms with van der Waals surface area (Å²) in [5.74, 6) is -0.356. The third-order valence-electron chi connectivity index (χ3n) is 2.96. The molecule has 18 heavy (non-hydrogen) atoms. The van der Waals surface area contributed by atoms with Crippen LogP contribution in [0.1, 0.15) is 26.7 Å². The van der Waals surface area contributed by atoms with E-state index in [1.54, 1.807) is 9.80 Å². The molecule has 6 nitrogen and oxygen atoms in total. The van der Waals surface area contributed by atoms with Crippen molar-refractivity contribution in [3.05, 3.63) is 0 Å². The number of nitrogens with zero attached hydrogens (tertiary/aromatic N) is 2. The van der Waals surface area contributed by atoms with Crippen molar-refractivity contribution in [1.29, 1.82) is 0 Å². The Balaban J connectivity index is 2.31. The number of rotatable bonds is 4. The average molecular weight is 255 g/mol. The number of hydrogen-bond donors (Lipinski definition) is 1. The van der Waals surface area contributed by atoms with Gasteiger partial charge in [0.05, 0.1) is 0 Å². The van der Waals surface area contributed by atoms with E-state index in [0.717, 1.165) is 6.42 Å². The Bertz CT molecular complexity index is 323. The molecule has 0 radical (unpaired) electrons. The molecule has 0 unspecified atom stereocenters. The van der Waals surface area contributed by atoms with E-state index in [9.17, 15) is 14.4 Å². The first kappa shape index (κ1) is 14.5. The van der Waals surface area contributed by atoms with Crippen LogP contribution in [0.3, 0.4) is 0 Å². The average Bonchev–Trinajstić information content (AvgIpc) is 2.36. The van der Waals surface area contributed by atoms with Crippen LogP contribution in [-0.2, 0) is 14.4 Å². The van der Waals surface area contributed by atoms with Crippen LogP contribution >= 0.6 is 0 Å². The molecule has 102 valence electrons. The second-order valence-electron chi connectivity index (χ2n) is 4.41. The van der Waals surface area contributed by atoms with Crippen LogP contribution in [0, 0.1) is 0 Å². The van der Waals surface area contributed by atoms with Crippen molar-refractivity contribution in [3.8, 4) is 0 Å². The fourth-order valence-corrected chi connectivity index (χ4v) is 1.85. The van der Waals surface area contributed by atoms with E-state index in [1.165, 1.54) is 6.92 Å². The van der Waals surface area contributed by atoms with Crippen LogP contribution in [0.2, 0.25) is 0 Å². The van der Waals surface area contributed by atoms with E-state index in [-0.39, 0.29) is 24.1 Å². The van der Waals surface area contributed by atoms with Crippen LogP contribution in [0.15, 0.2) is 0 Å². The summed E-state index contributed by atoms with van der Waals surface area (Å²) in [6, 6.07) is 0.